The molecule has 1 aromatic heterocycles. The Balaban J connectivity index is 1.68. The molecular weight excluding hydrogens is 246 g/mol. The molecule has 4 atom stereocenters. The predicted octanol–water partition coefficient (Wildman–Crippen LogP) is 1.42. The molecule has 3 rings (SSSR count). The van der Waals surface area contributed by atoms with Crippen LogP contribution in [-0.4, -0.2) is 17.0 Å². The summed E-state index contributed by atoms with van der Waals surface area (Å²) >= 11 is 0. The van der Waals surface area contributed by atoms with Gasteiger partial charge in [-0.25, -0.2) is 0 Å². The number of fused-ring (bicyclic) bond motifs is 2. The van der Waals surface area contributed by atoms with E-state index in [1.807, 2.05) is 12.2 Å². The Morgan fingerprint density at radius 2 is 2.05 bits per heavy atom. The molecule has 2 aliphatic rings. The second-order valence-corrected chi connectivity index (χ2v) is 5.14. The molecule has 5 nitrogen and oxygen atoms in total. The van der Waals surface area contributed by atoms with Crippen LogP contribution in [0.4, 0.5) is 0 Å². The molecule has 2 N–H and O–H groups in total. The van der Waals surface area contributed by atoms with Crippen molar-refractivity contribution < 1.29 is 19.1 Å². The SMILES string of the molecule is O=C(O)[C@H]1[C@H](C(=O)NCc2ccco2)[C@H]2C=C[C@H]1C2. The van der Waals surface area contributed by atoms with Crippen molar-refractivity contribution in [3.05, 3.63) is 36.3 Å². The first-order chi connectivity index (χ1) is 9.16. The summed E-state index contributed by atoms with van der Waals surface area (Å²) in [5.74, 6) is -1.40. The van der Waals surface area contributed by atoms with Crippen LogP contribution in [0, 0.1) is 23.7 Å². The third kappa shape index (κ3) is 2.05. The van der Waals surface area contributed by atoms with Gasteiger partial charge in [0.1, 0.15) is 5.76 Å². The Morgan fingerprint density at radius 3 is 2.68 bits per heavy atom. The van der Waals surface area contributed by atoms with Crippen molar-refractivity contribution in [3.8, 4) is 0 Å². The number of rotatable bonds is 4. The van der Waals surface area contributed by atoms with Crippen LogP contribution in [0.1, 0.15) is 12.2 Å². The van der Waals surface area contributed by atoms with Gasteiger partial charge in [0, 0.05) is 0 Å². The van der Waals surface area contributed by atoms with Crippen molar-refractivity contribution in [1.82, 2.24) is 5.32 Å². The molecule has 1 aromatic rings. The third-order valence-corrected chi connectivity index (χ3v) is 4.06. The lowest BCUT2D eigenvalue weighted by Gasteiger charge is -2.23. The van der Waals surface area contributed by atoms with E-state index in [4.69, 9.17) is 4.42 Å². The fourth-order valence-corrected chi connectivity index (χ4v) is 3.22. The summed E-state index contributed by atoms with van der Waals surface area (Å²) in [6.07, 6.45) is 6.22. The minimum Gasteiger partial charge on any atom is -0.481 e. The minimum absolute atomic E-state index is 0.00172. The lowest BCUT2D eigenvalue weighted by Crippen LogP contribution is -2.39. The lowest BCUT2D eigenvalue weighted by molar-refractivity contribution is -0.147. The number of allylic oxidation sites excluding steroid dienone is 2. The summed E-state index contributed by atoms with van der Waals surface area (Å²) in [4.78, 5) is 23.5. The lowest BCUT2D eigenvalue weighted by atomic mass is 9.82. The molecule has 100 valence electrons. The van der Waals surface area contributed by atoms with Gasteiger partial charge in [-0.05, 0) is 30.4 Å². The molecule has 19 heavy (non-hydrogen) atoms. The van der Waals surface area contributed by atoms with Crippen LogP contribution in [0.5, 0.6) is 0 Å². The molecule has 0 aromatic carbocycles. The first kappa shape index (κ1) is 12.0. The quantitative estimate of drug-likeness (QED) is 0.803. The molecule has 1 saturated carbocycles. The van der Waals surface area contributed by atoms with Crippen LogP contribution in [0.3, 0.4) is 0 Å². The maximum Gasteiger partial charge on any atom is 0.307 e. The maximum atomic E-state index is 12.2. The fraction of sp³-hybridized carbons (Fsp3) is 0.429. The van der Waals surface area contributed by atoms with Gasteiger partial charge >= 0.3 is 5.97 Å². The molecule has 0 unspecified atom stereocenters. The number of aliphatic carboxylic acids is 1. The summed E-state index contributed by atoms with van der Waals surface area (Å²) in [5, 5.41) is 12.0. The number of hydrogen-bond acceptors (Lipinski definition) is 3. The Hall–Kier alpha value is -2.04. The fourth-order valence-electron chi connectivity index (χ4n) is 3.22. The van der Waals surface area contributed by atoms with Gasteiger partial charge in [0.25, 0.3) is 0 Å². The number of amides is 1. The predicted molar refractivity (Wildman–Crippen MR) is 65.9 cm³/mol. The van der Waals surface area contributed by atoms with Crippen LogP contribution < -0.4 is 5.32 Å². The second-order valence-electron chi connectivity index (χ2n) is 5.14. The number of carbonyl (C=O) groups excluding carboxylic acids is 1. The number of hydrogen-bond donors (Lipinski definition) is 2. The Labute approximate surface area is 110 Å². The normalized spacial score (nSPS) is 31.6. The highest BCUT2D eigenvalue weighted by molar-refractivity contribution is 5.86. The van der Waals surface area contributed by atoms with E-state index in [-0.39, 0.29) is 17.7 Å². The Morgan fingerprint density at radius 1 is 1.32 bits per heavy atom. The van der Waals surface area contributed by atoms with E-state index in [9.17, 15) is 14.7 Å². The monoisotopic (exact) mass is 261 g/mol. The van der Waals surface area contributed by atoms with Gasteiger partial charge in [-0.2, -0.15) is 0 Å². The number of furan rings is 1. The van der Waals surface area contributed by atoms with Crippen LogP contribution in [0.2, 0.25) is 0 Å². The number of carboxylic acid groups (broad SMARTS) is 1. The van der Waals surface area contributed by atoms with Crippen LogP contribution >= 0.6 is 0 Å². The van der Waals surface area contributed by atoms with Crippen molar-refractivity contribution in [2.24, 2.45) is 23.7 Å². The summed E-state index contributed by atoms with van der Waals surface area (Å²) in [6.45, 7) is 0.301. The highest BCUT2D eigenvalue weighted by atomic mass is 16.4. The summed E-state index contributed by atoms with van der Waals surface area (Å²) in [7, 11) is 0. The first-order valence-corrected chi connectivity index (χ1v) is 6.38. The molecule has 1 amide bonds. The van der Waals surface area contributed by atoms with Crippen molar-refractivity contribution in [1.29, 1.82) is 0 Å². The molecule has 2 bridgehead atoms. The van der Waals surface area contributed by atoms with E-state index in [0.717, 1.165) is 6.42 Å². The zero-order valence-corrected chi connectivity index (χ0v) is 10.3. The van der Waals surface area contributed by atoms with E-state index >= 15 is 0 Å². The number of carbonyl (C=O) groups is 2. The van der Waals surface area contributed by atoms with Gasteiger partial charge in [-0.1, -0.05) is 12.2 Å². The average Bonchev–Trinajstić information content (AvgIpc) is 3.10. The summed E-state index contributed by atoms with van der Waals surface area (Å²) < 4.78 is 5.14. The van der Waals surface area contributed by atoms with Crippen molar-refractivity contribution in [2.75, 3.05) is 0 Å². The average molecular weight is 261 g/mol. The zero-order valence-electron chi connectivity index (χ0n) is 10.3. The van der Waals surface area contributed by atoms with Gasteiger partial charge in [-0.3, -0.25) is 9.59 Å². The molecular formula is C14H15NO4. The molecule has 2 aliphatic carbocycles. The van der Waals surface area contributed by atoms with E-state index in [1.165, 1.54) is 0 Å². The maximum absolute atomic E-state index is 12.2. The standard InChI is InChI=1S/C14H15NO4/c16-13(15-7-10-2-1-5-19-10)11-8-3-4-9(6-8)12(11)14(17)18/h1-5,8-9,11-12H,6-7H2,(H,15,16)(H,17,18)/t8-,9-,11+,12+/m0/s1. The Bertz CT molecular complexity index is 520. The summed E-state index contributed by atoms with van der Waals surface area (Å²) in [6, 6.07) is 3.53. The zero-order chi connectivity index (χ0) is 13.4. The summed E-state index contributed by atoms with van der Waals surface area (Å²) in [5.41, 5.74) is 0. The van der Waals surface area contributed by atoms with Gasteiger partial charge in [0.15, 0.2) is 0 Å². The van der Waals surface area contributed by atoms with E-state index in [1.54, 1.807) is 18.4 Å². The minimum atomic E-state index is -0.880. The third-order valence-electron chi connectivity index (χ3n) is 4.06. The van der Waals surface area contributed by atoms with E-state index in [0.29, 0.717) is 12.3 Å². The highest BCUT2D eigenvalue weighted by Crippen LogP contribution is 2.48. The van der Waals surface area contributed by atoms with Gasteiger partial charge in [0.05, 0.1) is 24.6 Å². The molecule has 0 spiro atoms. The number of carboxylic acids is 1. The van der Waals surface area contributed by atoms with E-state index < -0.39 is 17.8 Å². The smallest absolute Gasteiger partial charge is 0.307 e. The first-order valence-electron chi connectivity index (χ1n) is 6.38. The molecule has 0 saturated heterocycles. The molecule has 1 fully saturated rings. The molecule has 0 aliphatic heterocycles. The van der Waals surface area contributed by atoms with Crippen molar-refractivity contribution in [3.63, 3.8) is 0 Å². The van der Waals surface area contributed by atoms with Crippen LogP contribution in [0.25, 0.3) is 0 Å². The van der Waals surface area contributed by atoms with Gasteiger partial charge in [0.2, 0.25) is 5.91 Å². The van der Waals surface area contributed by atoms with E-state index in [2.05, 4.69) is 5.32 Å². The van der Waals surface area contributed by atoms with Crippen LogP contribution in [-0.2, 0) is 16.1 Å². The van der Waals surface area contributed by atoms with Crippen LogP contribution in [0.15, 0.2) is 35.0 Å². The van der Waals surface area contributed by atoms with Crippen molar-refractivity contribution >= 4 is 11.9 Å². The largest absolute Gasteiger partial charge is 0.481 e. The molecule has 1 heterocycles. The van der Waals surface area contributed by atoms with Gasteiger partial charge < -0.3 is 14.8 Å². The second kappa shape index (κ2) is 4.57. The topological polar surface area (TPSA) is 79.5 Å². The number of nitrogens with one attached hydrogen (secondary N) is 1. The molecule has 5 heteroatoms. The van der Waals surface area contributed by atoms with Crippen molar-refractivity contribution in [2.45, 2.75) is 13.0 Å². The molecule has 0 radical (unpaired) electrons. The van der Waals surface area contributed by atoms with Gasteiger partial charge in [-0.15, -0.1) is 0 Å². The Kier molecular flexibility index (Phi) is 2.89. The highest BCUT2D eigenvalue weighted by Gasteiger charge is 2.51.